The summed E-state index contributed by atoms with van der Waals surface area (Å²) < 4.78 is 19.2. The third kappa shape index (κ3) is 2.18. The number of methoxy groups -OCH3 is 1. The van der Waals surface area contributed by atoms with E-state index < -0.39 is 17.0 Å². The van der Waals surface area contributed by atoms with E-state index in [1.165, 1.54) is 7.11 Å². The Labute approximate surface area is 121 Å². The molecule has 0 saturated carbocycles. The Morgan fingerprint density at radius 1 is 1.33 bits per heavy atom. The highest BCUT2D eigenvalue weighted by molar-refractivity contribution is 5.97. The van der Waals surface area contributed by atoms with Crippen LogP contribution in [0.4, 0.5) is 10.2 Å². The van der Waals surface area contributed by atoms with E-state index in [1.807, 2.05) is 26.8 Å². The molecule has 0 atom stereocenters. The van der Waals surface area contributed by atoms with E-state index >= 15 is 0 Å². The second-order valence-corrected chi connectivity index (χ2v) is 5.59. The molecule has 0 aliphatic rings. The lowest BCUT2D eigenvalue weighted by Crippen LogP contribution is -2.17. The number of nitrogens with zero attached hydrogens (tertiary/aromatic N) is 3. The van der Waals surface area contributed by atoms with Crippen LogP contribution >= 0.6 is 0 Å². The molecule has 0 saturated heterocycles. The highest BCUT2D eigenvalue weighted by Gasteiger charge is 2.26. The minimum Gasteiger partial charge on any atom is -0.502 e. The standard InChI is InChI=1S/C14H15FN4O2/c1-14(2,3)13-18-9-7(12(17)19-13)6(5-16)11(21-4)10(20)8(9)15/h20H,1-4H3,(H2,17,18,19). The fourth-order valence-electron chi connectivity index (χ4n) is 1.97. The normalized spacial score (nSPS) is 11.4. The quantitative estimate of drug-likeness (QED) is 0.834. The van der Waals surface area contributed by atoms with Gasteiger partial charge in [0.25, 0.3) is 0 Å². The zero-order valence-electron chi connectivity index (χ0n) is 12.2. The van der Waals surface area contributed by atoms with Gasteiger partial charge in [-0.25, -0.2) is 14.4 Å². The first-order chi connectivity index (χ1) is 9.72. The molecule has 6 nitrogen and oxygen atoms in total. The third-order valence-electron chi connectivity index (χ3n) is 3.03. The Balaban J connectivity index is 3.03. The summed E-state index contributed by atoms with van der Waals surface area (Å²) in [5, 5.41) is 19.1. The van der Waals surface area contributed by atoms with Gasteiger partial charge in [-0.3, -0.25) is 0 Å². The number of nitrogen functional groups attached to an aromatic ring is 1. The van der Waals surface area contributed by atoms with Crippen LogP contribution in [0, 0.1) is 17.1 Å². The first-order valence-electron chi connectivity index (χ1n) is 6.18. The summed E-state index contributed by atoms with van der Waals surface area (Å²) in [5.74, 6) is -1.74. The lowest BCUT2D eigenvalue weighted by atomic mass is 9.95. The predicted octanol–water partition coefficient (Wildman–Crippen LogP) is 2.23. The van der Waals surface area contributed by atoms with Crippen LogP contribution in [-0.2, 0) is 5.41 Å². The number of hydrogen-bond acceptors (Lipinski definition) is 6. The lowest BCUT2D eigenvalue weighted by molar-refractivity contribution is 0.358. The molecule has 2 aromatic rings. The fourth-order valence-corrected chi connectivity index (χ4v) is 1.97. The SMILES string of the molecule is COc1c(O)c(F)c2nc(C(C)(C)C)nc(N)c2c1C#N. The molecule has 0 amide bonds. The van der Waals surface area contributed by atoms with Gasteiger partial charge >= 0.3 is 0 Å². The van der Waals surface area contributed by atoms with Crippen molar-refractivity contribution >= 4 is 16.7 Å². The average Bonchev–Trinajstić information content (AvgIpc) is 2.41. The number of rotatable bonds is 1. The van der Waals surface area contributed by atoms with E-state index in [0.29, 0.717) is 5.82 Å². The number of nitriles is 1. The molecular weight excluding hydrogens is 275 g/mol. The maximum absolute atomic E-state index is 14.3. The molecule has 0 fully saturated rings. The number of anilines is 1. The van der Waals surface area contributed by atoms with Gasteiger partial charge in [-0.2, -0.15) is 5.26 Å². The van der Waals surface area contributed by atoms with Crippen LogP contribution < -0.4 is 10.5 Å². The number of benzene rings is 1. The van der Waals surface area contributed by atoms with Crippen molar-refractivity contribution in [2.75, 3.05) is 12.8 Å². The second kappa shape index (κ2) is 4.74. The minimum absolute atomic E-state index is 0.0290. The van der Waals surface area contributed by atoms with Crippen LogP contribution in [0.25, 0.3) is 10.9 Å². The Bertz CT molecular complexity index is 776. The van der Waals surface area contributed by atoms with Crippen LogP contribution in [0.15, 0.2) is 0 Å². The molecule has 0 radical (unpaired) electrons. The van der Waals surface area contributed by atoms with Crippen molar-refractivity contribution in [2.24, 2.45) is 0 Å². The van der Waals surface area contributed by atoms with Gasteiger partial charge in [0.15, 0.2) is 17.3 Å². The first-order valence-corrected chi connectivity index (χ1v) is 6.18. The number of aromatic hydroxyl groups is 1. The van der Waals surface area contributed by atoms with Gasteiger partial charge in [0.2, 0.25) is 0 Å². The molecule has 0 unspecified atom stereocenters. The number of aromatic nitrogens is 2. The Morgan fingerprint density at radius 3 is 2.43 bits per heavy atom. The molecule has 3 N–H and O–H groups in total. The van der Waals surface area contributed by atoms with Crippen LogP contribution in [0.2, 0.25) is 0 Å². The van der Waals surface area contributed by atoms with Gasteiger partial charge in [0, 0.05) is 5.41 Å². The highest BCUT2D eigenvalue weighted by atomic mass is 19.1. The zero-order valence-corrected chi connectivity index (χ0v) is 12.2. The van der Waals surface area contributed by atoms with E-state index in [1.54, 1.807) is 0 Å². The van der Waals surface area contributed by atoms with E-state index in [-0.39, 0.29) is 28.0 Å². The number of fused-ring (bicyclic) bond motifs is 1. The smallest absolute Gasteiger partial charge is 0.198 e. The summed E-state index contributed by atoms with van der Waals surface area (Å²) in [7, 11) is 1.22. The summed E-state index contributed by atoms with van der Waals surface area (Å²) in [6, 6.07) is 1.84. The van der Waals surface area contributed by atoms with Gasteiger partial charge in [-0.05, 0) is 0 Å². The summed E-state index contributed by atoms with van der Waals surface area (Å²) in [4.78, 5) is 8.26. The largest absolute Gasteiger partial charge is 0.502 e. The van der Waals surface area contributed by atoms with E-state index in [2.05, 4.69) is 9.97 Å². The second-order valence-electron chi connectivity index (χ2n) is 5.59. The van der Waals surface area contributed by atoms with Crippen molar-refractivity contribution in [1.29, 1.82) is 5.26 Å². The third-order valence-corrected chi connectivity index (χ3v) is 3.03. The first kappa shape index (κ1) is 14.8. The Kier molecular flexibility index (Phi) is 3.33. The number of hydrogen-bond donors (Lipinski definition) is 2. The maximum Gasteiger partial charge on any atom is 0.198 e. The number of ether oxygens (including phenoxy) is 1. The number of phenols is 1. The van der Waals surface area contributed by atoms with Gasteiger partial charge < -0.3 is 15.6 Å². The van der Waals surface area contributed by atoms with Gasteiger partial charge in [-0.15, -0.1) is 0 Å². The summed E-state index contributed by atoms with van der Waals surface area (Å²) in [6.07, 6.45) is 0. The number of nitrogens with two attached hydrogens (primary N) is 1. The number of halogens is 1. The molecular formula is C14H15FN4O2. The van der Waals surface area contributed by atoms with Crippen LogP contribution in [0.3, 0.4) is 0 Å². The van der Waals surface area contributed by atoms with Crippen molar-refractivity contribution in [1.82, 2.24) is 9.97 Å². The molecule has 0 spiro atoms. The molecule has 0 aliphatic carbocycles. The van der Waals surface area contributed by atoms with Crippen molar-refractivity contribution in [3.8, 4) is 17.6 Å². The van der Waals surface area contributed by atoms with E-state index in [0.717, 1.165) is 0 Å². The van der Waals surface area contributed by atoms with Gasteiger partial charge in [-0.1, -0.05) is 20.8 Å². The molecule has 0 aliphatic heterocycles. The van der Waals surface area contributed by atoms with Crippen molar-refractivity contribution in [3.05, 3.63) is 17.2 Å². The van der Waals surface area contributed by atoms with E-state index in [9.17, 15) is 14.8 Å². The van der Waals surface area contributed by atoms with Crippen molar-refractivity contribution in [3.63, 3.8) is 0 Å². The summed E-state index contributed by atoms with van der Waals surface area (Å²) in [5.41, 5.74) is 5.12. The molecule has 0 bridgehead atoms. The predicted molar refractivity (Wildman–Crippen MR) is 75.5 cm³/mol. The highest BCUT2D eigenvalue weighted by Crippen LogP contribution is 2.40. The van der Waals surface area contributed by atoms with Crippen LogP contribution in [0.5, 0.6) is 11.5 Å². The molecule has 7 heteroatoms. The minimum atomic E-state index is -0.986. The van der Waals surface area contributed by atoms with Crippen molar-refractivity contribution < 1.29 is 14.2 Å². The molecule has 1 aromatic heterocycles. The summed E-state index contributed by atoms with van der Waals surface area (Å²) in [6.45, 7) is 5.54. The van der Waals surface area contributed by atoms with Crippen LogP contribution in [0.1, 0.15) is 32.2 Å². The molecule has 1 heterocycles. The number of phenolic OH excluding ortho intramolecular Hbond substituents is 1. The Hall–Kier alpha value is -2.62. The lowest BCUT2D eigenvalue weighted by Gasteiger charge is -2.19. The fraction of sp³-hybridized carbons (Fsp3) is 0.357. The molecule has 1 aromatic carbocycles. The monoisotopic (exact) mass is 290 g/mol. The zero-order chi connectivity index (χ0) is 15.9. The van der Waals surface area contributed by atoms with Gasteiger partial charge in [0.05, 0.1) is 12.5 Å². The molecule has 110 valence electrons. The topological polar surface area (TPSA) is 105 Å². The molecule has 2 rings (SSSR count). The maximum atomic E-state index is 14.3. The van der Waals surface area contributed by atoms with E-state index in [4.69, 9.17) is 10.5 Å². The van der Waals surface area contributed by atoms with Crippen LogP contribution in [-0.4, -0.2) is 22.2 Å². The van der Waals surface area contributed by atoms with Gasteiger partial charge in [0.1, 0.15) is 28.8 Å². The summed E-state index contributed by atoms with van der Waals surface area (Å²) >= 11 is 0. The molecule has 21 heavy (non-hydrogen) atoms. The average molecular weight is 290 g/mol. The Morgan fingerprint density at radius 2 is 1.95 bits per heavy atom. The van der Waals surface area contributed by atoms with Crippen molar-refractivity contribution in [2.45, 2.75) is 26.2 Å².